The molecule has 128 valence electrons. The van der Waals surface area contributed by atoms with Gasteiger partial charge in [0.1, 0.15) is 0 Å². The first-order chi connectivity index (χ1) is 11.7. The summed E-state index contributed by atoms with van der Waals surface area (Å²) in [7, 11) is 0. The molecule has 24 heavy (non-hydrogen) atoms. The predicted molar refractivity (Wildman–Crippen MR) is 94.2 cm³/mol. The van der Waals surface area contributed by atoms with Gasteiger partial charge in [-0.15, -0.1) is 10.2 Å². The first-order valence-electron chi connectivity index (χ1n) is 7.88. The molecule has 8 heteroatoms. The number of carbonyl (C=O) groups excluding carboxylic acids is 1. The SMILES string of the molecule is CCN1CCN(C(=O)CSc2nnc(-c3ccc(Cl)cc3)o2)CC1. The Hall–Kier alpha value is -1.57. The number of carbonyl (C=O) groups is 1. The van der Waals surface area contributed by atoms with Gasteiger partial charge in [-0.1, -0.05) is 30.3 Å². The summed E-state index contributed by atoms with van der Waals surface area (Å²) in [6, 6.07) is 7.19. The Morgan fingerprint density at radius 1 is 1.21 bits per heavy atom. The Labute approximate surface area is 150 Å². The van der Waals surface area contributed by atoms with Crippen molar-refractivity contribution in [1.82, 2.24) is 20.0 Å². The van der Waals surface area contributed by atoms with Gasteiger partial charge in [0.25, 0.3) is 5.22 Å². The third-order valence-corrected chi connectivity index (χ3v) is 5.04. The van der Waals surface area contributed by atoms with Crippen molar-refractivity contribution in [1.29, 1.82) is 0 Å². The molecule has 1 aromatic heterocycles. The van der Waals surface area contributed by atoms with E-state index in [0.717, 1.165) is 38.3 Å². The fraction of sp³-hybridized carbons (Fsp3) is 0.438. The van der Waals surface area contributed by atoms with Crippen molar-refractivity contribution in [2.45, 2.75) is 12.1 Å². The van der Waals surface area contributed by atoms with Crippen molar-refractivity contribution < 1.29 is 9.21 Å². The van der Waals surface area contributed by atoms with Crippen LogP contribution < -0.4 is 0 Å². The number of thioether (sulfide) groups is 1. The van der Waals surface area contributed by atoms with Crippen LogP contribution in [-0.4, -0.2) is 64.4 Å². The smallest absolute Gasteiger partial charge is 0.277 e. The Balaban J connectivity index is 1.52. The van der Waals surface area contributed by atoms with Gasteiger partial charge in [-0.25, -0.2) is 0 Å². The highest BCUT2D eigenvalue weighted by atomic mass is 35.5. The number of nitrogens with zero attached hydrogens (tertiary/aromatic N) is 4. The molecule has 0 atom stereocenters. The summed E-state index contributed by atoms with van der Waals surface area (Å²) in [5.74, 6) is 0.856. The average Bonchev–Trinajstić information content (AvgIpc) is 3.09. The second-order valence-corrected chi connectivity index (χ2v) is 6.85. The summed E-state index contributed by atoms with van der Waals surface area (Å²) in [4.78, 5) is 16.5. The maximum Gasteiger partial charge on any atom is 0.277 e. The molecular weight excluding hydrogens is 348 g/mol. The lowest BCUT2D eigenvalue weighted by Gasteiger charge is -2.33. The van der Waals surface area contributed by atoms with Crippen LogP contribution in [0.3, 0.4) is 0 Å². The summed E-state index contributed by atoms with van der Waals surface area (Å²) in [5, 5.41) is 9.06. The normalized spacial score (nSPS) is 15.7. The number of benzene rings is 1. The molecule has 2 heterocycles. The van der Waals surface area contributed by atoms with Crippen LogP contribution in [0.1, 0.15) is 6.92 Å². The highest BCUT2D eigenvalue weighted by Crippen LogP contribution is 2.24. The molecule has 0 unspecified atom stereocenters. The molecule has 1 fully saturated rings. The second kappa shape index (κ2) is 8.00. The van der Waals surface area contributed by atoms with E-state index in [1.165, 1.54) is 11.8 Å². The van der Waals surface area contributed by atoms with Crippen LogP contribution in [0.15, 0.2) is 33.9 Å². The summed E-state index contributed by atoms with van der Waals surface area (Å²) < 4.78 is 5.60. The zero-order valence-electron chi connectivity index (χ0n) is 13.4. The monoisotopic (exact) mass is 366 g/mol. The number of rotatable bonds is 5. The highest BCUT2D eigenvalue weighted by Gasteiger charge is 2.21. The minimum absolute atomic E-state index is 0.113. The van der Waals surface area contributed by atoms with E-state index in [9.17, 15) is 4.79 Å². The van der Waals surface area contributed by atoms with Gasteiger partial charge in [0, 0.05) is 36.8 Å². The Morgan fingerprint density at radius 3 is 2.58 bits per heavy atom. The minimum atomic E-state index is 0.113. The van der Waals surface area contributed by atoms with E-state index < -0.39 is 0 Å². The van der Waals surface area contributed by atoms with E-state index >= 15 is 0 Å². The summed E-state index contributed by atoms with van der Waals surface area (Å²) in [6.07, 6.45) is 0. The molecule has 0 N–H and O–H groups in total. The molecule has 0 bridgehead atoms. The predicted octanol–water partition coefficient (Wildman–Crippen LogP) is 2.65. The molecule has 0 saturated carbocycles. The lowest BCUT2D eigenvalue weighted by molar-refractivity contribution is -0.130. The molecule has 3 rings (SSSR count). The molecule has 1 saturated heterocycles. The molecular formula is C16H19ClN4O2S. The molecule has 1 aromatic carbocycles. The Kier molecular flexibility index (Phi) is 5.76. The molecule has 1 aliphatic rings. The first-order valence-corrected chi connectivity index (χ1v) is 9.24. The van der Waals surface area contributed by atoms with Crippen LogP contribution >= 0.6 is 23.4 Å². The topological polar surface area (TPSA) is 62.5 Å². The van der Waals surface area contributed by atoms with Gasteiger partial charge in [0.05, 0.1) is 5.75 Å². The lowest BCUT2D eigenvalue weighted by atomic mass is 10.2. The lowest BCUT2D eigenvalue weighted by Crippen LogP contribution is -2.49. The number of halogens is 1. The van der Waals surface area contributed by atoms with Gasteiger partial charge >= 0.3 is 0 Å². The van der Waals surface area contributed by atoms with Crippen molar-refractivity contribution >= 4 is 29.3 Å². The van der Waals surface area contributed by atoms with Gasteiger partial charge < -0.3 is 14.2 Å². The number of amides is 1. The van der Waals surface area contributed by atoms with Gasteiger partial charge in [-0.2, -0.15) is 0 Å². The van der Waals surface area contributed by atoms with Gasteiger partial charge in [0.2, 0.25) is 11.8 Å². The number of likely N-dealkylation sites (N-methyl/N-ethyl adjacent to an activating group) is 1. The number of piperazine rings is 1. The van der Waals surface area contributed by atoms with E-state index in [1.807, 2.05) is 17.0 Å². The third kappa shape index (κ3) is 4.28. The maximum absolute atomic E-state index is 12.3. The minimum Gasteiger partial charge on any atom is -0.411 e. The summed E-state index contributed by atoms with van der Waals surface area (Å²) in [6.45, 7) is 6.62. The quantitative estimate of drug-likeness (QED) is 0.758. The van der Waals surface area contributed by atoms with E-state index in [0.29, 0.717) is 21.9 Å². The van der Waals surface area contributed by atoms with E-state index in [2.05, 4.69) is 22.0 Å². The number of hydrogen-bond acceptors (Lipinski definition) is 6. The maximum atomic E-state index is 12.3. The molecule has 0 radical (unpaired) electrons. The van der Waals surface area contributed by atoms with Crippen LogP contribution in [0.4, 0.5) is 0 Å². The number of hydrogen-bond donors (Lipinski definition) is 0. The standard InChI is InChI=1S/C16H19ClN4O2S/c1-2-20-7-9-21(10-8-20)14(22)11-24-16-19-18-15(23-16)12-3-5-13(17)6-4-12/h3-6H,2,7-11H2,1H3. The largest absolute Gasteiger partial charge is 0.411 e. The van der Waals surface area contributed by atoms with E-state index in [-0.39, 0.29) is 5.91 Å². The fourth-order valence-corrected chi connectivity index (χ4v) is 3.30. The molecule has 2 aromatic rings. The fourth-order valence-electron chi connectivity index (χ4n) is 2.51. The summed E-state index contributed by atoms with van der Waals surface area (Å²) in [5.41, 5.74) is 0.806. The summed E-state index contributed by atoms with van der Waals surface area (Å²) >= 11 is 7.14. The average molecular weight is 367 g/mol. The van der Waals surface area contributed by atoms with Crippen LogP contribution in [0.5, 0.6) is 0 Å². The zero-order valence-corrected chi connectivity index (χ0v) is 15.0. The van der Waals surface area contributed by atoms with Crippen LogP contribution in [-0.2, 0) is 4.79 Å². The second-order valence-electron chi connectivity index (χ2n) is 5.48. The van der Waals surface area contributed by atoms with Gasteiger partial charge in [0.15, 0.2) is 0 Å². The van der Waals surface area contributed by atoms with Crippen LogP contribution in [0, 0.1) is 0 Å². The third-order valence-electron chi connectivity index (χ3n) is 3.99. The number of aromatic nitrogens is 2. The Morgan fingerprint density at radius 2 is 1.92 bits per heavy atom. The van der Waals surface area contributed by atoms with Gasteiger partial charge in [-0.05, 0) is 30.8 Å². The first kappa shape index (κ1) is 17.3. The van der Waals surface area contributed by atoms with Crippen molar-refractivity contribution in [3.05, 3.63) is 29.3 Å². The van der Waals surface area contributed by atoms with E-state index in [1.54, 1.807) is 12.1 Å². The molecule has 1 amide bonds. The van der Waals surface area contributed by atoms with Crippen molar-refractivity contribution in [2.75, 3.05) is 38.5 Å². The molecule has 0 spiro atoms. The highest BCUT2D eigenvalue weighted by molar-refractivity contribution is 7.99. The van der Waals surface area contributed by atoms with Crippen LogP contribution in [0.25, 0.3) is 11.5 Å². The zero-order chi connectivity index (χ0) is 16.9. The van der Waals surface area contributed by atoms with Crippen molar-refractivity contribution in [2.24, 2.45) is 0 Å². The van der Waals surface area contributed by atoms with Crippen LogP contribution in [0.2, 0.25) is 5.02 Å². The molecule has 1 aliphatic heterocycles. The Bertz CT molecular complexity index is 684. The van der Waals surface area contributed by atoms with Crippen molar-refractivity contribution in [3.63, 3.8) is 0 Å². The van der Waals surface area contributed by atoms with Crippen molar-refractivity contribution in [3.8, 4) is 11.5 Å². The molecule has 6 nitrogen and oxygen atoms in total. The van der Waals surface area contributed by atoms with Gasteiger partial charge in [-0.3, -0.25) is 4.79 Å². The molecule has 0 aliphatic carbocycles. The van der Waals surface area contributed by atoms with E-state index in [4.69, 9.17) is 16.0 Å².